The number of rotatable bonds is 6. The Kier molecular flexibility index (Phi) is 4.49. The van der Waals surface area contributed by atoms with Gasteiger partial charge in [-0.15, -0.1) is 0 Å². The molecule has 1 heterocycles. The third-order valence-corrected chi connectivity index (χ3v) is 3.55. The second-order valence-corrected chi connectivity index (χ2v) is 5.49. The predicted molar refractivity (Wildman–Crippen MR) is 80.1 cm³/mol. The summed E-state index contributed by atoms with van der Waals surface area (Å²) >= 11 is 1.88. The fourth-order valence-electron chi connectivity index (χ4n) is 1.85. The van der Waals surface area contributed by atoms with Gasteiger partial charge in [-0.05, 0) is 31.5 Å². The number of benzene rings is 1. The topological polar surface area (TPSA) is 57.9 Å². The van der Waals surface area contributed by atoms with Crippen molar-refractivity contribution in [2.45, 2.75) is 6.42 Å². The van der Waals surface area contributed by atoms with Crippen molar-refractivity contribution in [1.82, 2.24) is 14.9 Å². The van der Waals surface area contributed by atoms with Gasteiger partial charge in [0.2, 0.25) is 0 Å². The Labute approximate surface area is 112 Å². The largest absolute Gasteiger partial charge is 0.399 e. The molecule has 0 atom stereocenters. The Bertz CT molecular complexity index is 509. The maximum absolute atomic E-state index is 5.75. The van der Waals surface area contributed by atoms with Crippen LogP contribution in [0.5, 0.6) is 0 Å². The van der Waals surface area contributed by atoms with Crippen molar-refractivity contribution in [2.75, 3.05) is 37.9 Å². The van der Waals surface area contributed by atoms with E-state index in [9.17, 15) is 0 Å². The number of aromatic nitrogens is 2. The molecule has 1 aromatic carbocycles. The molecule has 0 amide bonds. The average molecular weight is 264 g/mol. The number of anilines is 1. The smallest absolute Gasteiger partial charge is 0.108 e. The molecule has 0 radical (unpaired) electrons. The van der Waals surface area contributed by atoms with Crippen molar-refractivity contribution in [2.24, 2.45) is 0 Å². The summed E-state index contributed by atoms with van der Waals surface area (Å²) in [6.07, 6.45) is 3.08. The number of likely N-dealkylation sites (N-methyl/N-ethyl adjacent to an activating group) is 1. The lowest BCUT2D eigenvalue weighted by molar-refractivity contribution is 0.358. The molecule has 0 aliphatic heterocycles. The monoisotopic (exact) mass is 264 g/mol. The second-order valence-electron chi connectivity index (χ2n) is 4.51. The molecule has 0 fully saturated rings. The molecule has 1 aromatic heterocycles. The highest BCUT2D eigenvalue weighted by atomic mass is 32.2. The van der Waals surface area contributed by atoms with Gasteiger partial charge in [0.1, 0.15) is 5.82 Å². The maximum atomic E-state index is 5.75. The van der Waals surface area contributed by atoms with E-state index in [1.165, 1.54) is 5.75 Å². The molecular weight excluding hydrogens is 244 g/mol. The van der Waals surface area contributed by atoms with Gasteiger partial charge in [0, 0.05) is 31.0 Å². The van der Waals surface area contributed by atoms with Gasteiger partial charge in [-0.25, -0.2) is 4.98 Å². The lowest BCUT2D eigenvalue weighted by atomic mass is 10.3. The van der Waals surface area contributed by atoms with Gasteiger partial charge in [-0.1, -0.05) is 0 Å². The number of H-pyrrole nitrogens is 1. The van der Waals surface area contributed by atoms with E-state index in [1.54, 1.807) is 0 Å². The number of nitrogen functional groups attached to an aromatic ring is 1. The van der Waals surface area contributed by atoms with E-state index in [4.69, 9.17) is 5.73 Å². The normalized spacial score (nSPS) is 11.5. The maximum Gasteiger partial charge on any atom is 0.108 e. The number of aromatic amines is 1. The minimum Gasteiger partial charge on any atom is -0.399 e. The van der Waals surface area contributed by atoms with Crippen molar-refractivity contribution >= 4 is 28.5 Å². The minimum atomic E-state index is 0.773. The molecule has 0 spiro atoms. The molecule has 0 aliphatic carbocycles. The van der Waals surface area contributed by atoms with Crippen LogP contribution in [0.25, 0.3) is 11.0 Å². The van der Waals surface area contributed by atoms with Crippen molar-refractivity contribution in [3.8, 4) is 0 Å². The SMILES string of the molecule is CSCCN(C)CCc1nc2ccc(N)cc2[nH]1. The van der Waals surface area contributed by atoms with E-state index in [2.05, 4.69) is 28.2 Å². The van der Waals surface area contributed by atoms with E-state index < -0.39 is 0 Å². The molecule has 0 saturated carbocycles. The molecule has 0 saturated heterocycles. The third-order valence-electron chi connectivity index (χ3n) is 2.96. The number of fused-ring (bicyclic) bond motifs is 1. The van der Waals surface area contributed by atoms with E-state index in [-0.39, 0.29) is 0 Å². The van der Waals surface area contributed by atoms with Crippen molar-refractivity contribution in [3.63, 3.8) is 0 Å². The van der Waals surface area contributed by atoms with Crippen molar-refractivity contribution in [1.29, 1.82) is 0 Å². The van der Waals surface area contributed by atoms with Crippen LogP contribution >= 0.6 is 11.8 Å². The molecule has 98 valence electrons. The van der Waals surface area contributed by atoms with Crippen LogP contribution in [0.3, 0.4) is 0 Å². The fourth-order valence-corrected chi connectivity index (χ4v) is 2.35. The quantitative estimate of drug-likeness (QED) is 0.783. The minimum absolute atomic E-state index is 0.773. The van der Waals surface area contributed by atoms with Crippen LogP contribution in [0, 0.1) is 0 Å². The highest BCUT2D eigenvalue weighted by Gasteiger charge is 2.04. The van der Waals surface area contributed by atoms with Gasteiger partial charge >= 0.3 is 0 Å². The van der Waals surface area contributed by atoms with Crippen LogP contribution in [0.1, 0.15) is 5.82 Å². The molecule has 18 heavy (non-hydrogen) atoms. The lowest BCUT2D eigenvalue weighted by Gasteiger charge is -2.14. The van der Waals surface area contributed by atoms with Gasteiger partial charge in [0.25, 0.3) is 0 Å². The Balaban J connectivity index is 1.95. The van der Waals surface area contributed by atoms with Crippen molar-refractivity contribution in [3.05, 3.63) is 24.0 Å². The first kappa shape index (κ1) is 13.2. The molecule has 2 aromatic rings. The number of imidazole rings is 1. The van der Waals surface area contributed by atoms with Gasteiger partial charge in [0.05, 0.1) is 11.0 Å². The van der Waals surface area contributed by atoms with Crippen LogP contribution < -0.4 is 5.73 Å². The first-order chi connectivity index (χ1) is 8.69. The number of nitrogens with zero attached hydrogens (tertiary/aromatic N) is 2. The van der Waals surface area contributed by atoms with Crippen LogP contribution in [-0.2, 0) is 6.42 Å². The zero-order valence-electron chi connectivity index (χ0n) is 10.9. The van der Waals surface area contributed by atoms with E-state index >= 15 is 0 Å². The zero-order chi connectivity index (χ0) is 13.0. The molecule has 0 bridgehead atoms. The van der Waals surface area contributed by atoms with Crippen molar-refractivity contribution < 1.29 is 0 Å². The summed E-state index contributed by atoms with van der Waals surface area (Å²) in [5, 5.41) is 0. The standard InChI is InChI=1S/C13H20N4S/c1-17(7-8-18-2)6-5-13-15-11-4-3-10(14)9-12(11)16-13/h3-4,9H,5-8,14H2,1-2H3,(H,15,16). The summed E-state index contributed by atoms with van der Waals surface area (Å²) in [4.78, 5) is 10.2. The number of hydrogen-bond donors (Lipinski definition) is 2. The summed E-state index contributed by atoms with van der Waals surface area (Å²) < 4.78 is 0. The van der Waals surface area contributed by atoms with E-state index in [0.29, 0.717) is 0 Å². The predicted octanol–water partition coefficient (Wildman–Crippen LogP) is 1.98. The Morgan fingerprint density at radius 3 is 3.00 bits per heavy atom. The van der Waals surface area contributed by atoms with Gasteiger partial charge in [0.15, 0.2) is 0 Å². The molecule has 0 unspecified atom stereocenters. The number of nitrogens with two attached hydrogens (primary N) is 1. The summed E-state index contributed by atoms with van der Waals surface area (Å²) in [6, 6.07) is 5.78. The first-order valence-electron chi connectivity index (χ1n) is 6.10. The van der Waals surface area contributed by atoms with Crippen LogP contribution in [0.15, 0.2) is 18.2 Å². The number of thioether (sulfide) groups is 1. The molecule has 5 heteroatoms. The number of hydrogen-bond acceptors (Lipinski definition) is 4. The highest BCUT2D eigenvalue weighted by molar-refractivity contribution is 7.98. The second kappa shape index (κ2) is 6.11. The Hall–Kier alpha value is -1.20. The third kappa shape index (κ3) is 3.40. The fraction of sp³-hybridized carbons (Fsp3) is 0.462. The molecule has 0 aliphatic rings. The first-order valence-corrected chi connectivity index (χ1v) is 7.50. The van der Waals surface area contributed by atoms with Crippen LogP contribution in [0.4, 0.5) is 5.69 Å². The molecule has 2 rings (SSSR count). The summed E-state index contributed by atoms with van der Waals surface area (Å²) in [6.45, 7) is 2.14. The zero-order valence-corrected chi connectivity index (χ0v) is 11.8. The van der Waals surface area contributed by atoms with E-state index in [0.717, 1.165) is 42.1 Å². The lowest BCUT2D eigenvalue weighted by Crippen LogP contribution is -2.24. The summed E-state index contributed by atoms with van der Waals surface area (Å²) in [5.74, 6) is 2.21. The van der Waals surface area contributed by atoms with E-state index in [1.807, 2.05) is 30.0 Å². The summed E-state index contributed by atoms with van der Waals surface area (Å²) in [5.41, 5.74) is 8.54. The molecule has 3 N–H and O–H groups in total. The van der Waals surface area contributed by atoms with Gasteiger partial charge < -0.3 is 15.6 Å². The molecule has 4 nitrogen and oxygen atoms in total. The highest BCUT2D eigenvalue weighted by Crippen LogP contribution is 2.15. The van der Waals surface area contributed by atoms with Gasteiger partial charge in [-0.3, -0.25) is 0 Å². The Morgan fingerprint density at radius 1 is 1.39 bits per heavy atom. The molecular formula is C13H20N4S. The average Bonchev–Trinajstić information content (AvgIpc) is 2.75. The Morgan fingerprint density at radius 2 is 2.22 bits per heavy atom. The number of nitrogens with one attached hydrogen (secondary N) is 1. The summed E-state index contributed by atoms with van der Waals surface area (Å²) in [7, 11) is 2.15. The van der Waals surface area contributed by atoms with Crippen LogP contribution in [0.2, 0.25) is 0 Å². The van der Waals surface area contributed by atoms with Crippen LogP contribution in [-0.4, -0.2) is 47.0 Å². The van der Waals surface area contributed by atoms with Gasteiger partial charge in [-0.2, -0.15) is 11.8 Å².